The number of hydrogen-bond donors (Lipinski definition) is 1. The average Bonchev–Trinajstić information content (AvgIpc) is 1.89. The first-order valence-electron chi connectivity index (χ1n) is 2.69. The van der Waals surface area contributed by atoms with Crippen LogP contribution in [0.15, 0.2) is 18.2 Å². The van der Waals surface area contributed by atoms with Gasteiger partial charge >= 0.3 is 18.9 Å². The van der Waals surface area contributed by atoms with Crippen molar-refractivity contribution >= 4 is 30.5 Å². The molecule has 0 heterocycles. The van der Waals surface area contributed by atoms with Crippen molar-refractivity contribution in [3.8, 4) is 0 Å². The Morgan fingerprint density at radius 2 is 2.30 bits per heavy atom. The van der Waals surface area contributed by atoms with Gasteiger partial charge in [0.1, 0.15) is 0 Å². The van der Waals surface area contributed by atoms with Gasteiger partial charge in [0.2, 0.25) is 0 Å². The summed E-state index contributed by atoms with van der Waals surface area (Å²) in [5, 5.41) is 0.694. The van der Waals surface area contributed by atoms with Crippen molar-refractivity contribution < 1.29 is 0 Å². The van der Waals surface area contributed by atoms with E-state index in [2.05, 4.69) is 6.07 Å². The molecular weight excluding hydrogens is 140 g/mol. The van der Waals surface area contributed by atoms with Crippen molar-refractivity contribution in [3.63, 3.8) is 0 Å². The molecular formula is C7H8ClLiN. The fraction of sp³-hybridized carbons (Fsp3) is 0.143. The van der Waals surface area contributed by atoms with E-state index in [1.54, 1.807) is 12.1 Å². The number of rotatable bonds is 1. The van der Waals surface area contributed by atoms with Crippen molar-refractivity contribution in [1.29, 1.82) is 0 Å². The van der Waals surface area contributed by atoms with E-state index in [1.807, 2.05) is 6.07 Å². The van der Waals surface area contributed by atoms with Crippen molar-refractivity contribution in [2.75, 3.05) is 0 Å². The van der Waals surface area contributed by atoms with Crippen LogP contribution in [0.1, 0.15) is 5.56 Å². The first kappa shape index (κ1) is 10.1. The molecule has 0 amide bonds. The van der Waals surface area contributed by atoms with E-state index in [1.165, 1.54) is 0 Å². The van der Waals surface area contributed by atoms with Gasteiger partial charge < -0.3 is 5.73 Å². The van der Waals surface area contributed by atoms with Gasteiger partial charge in [0.25, 0.3) is 0 Å². The van der Waals surface area contributed by atoms with Gasteiger partial charge in [0.15, 0.2) is 0 Å². The third-order valence-corrected chi connectivity index (χ3v) is 1.47. The molecule has 1 rings (SSSR count). The molecule has 0 bridgehead atoms. The second-order valence-corrected chi connectivity index (χ2v) is 2.13. The summed E-state index contributed by atoms with van der Waals surface area (Å²) in [5.41, 5.74) is 6.32. The zero-order chi connectivity index (χ0) is 6.69. The minimum absolute atomic E-state index is 0. The van der Waals surface area contributed by atoms with Crippen LogP contribution in [-0.2, 0) is 6.54 Å². The molecule has 0 aliphatic heterocycles. The van der Waals surface area contributed by atoms with E-state index in [-0.39, 0.29) is 18.9 Å². The van der Waals surface area contributed by atoms with Crippen LogP contribution in [-0.4, -0.2) is 18.9 Å². The second-order valence-electron chi connectivity index (χ2n) is 1.72. The molecule has 2 N–H and O–H groups in total. The third-order valence-electron chi connectivity index (χ3n) is 1.12. The van der Waals surface area contributed by atoms with Crippen LogP contribution in [0.4, 0.5) is 0 Å². The molecule has 0 unspecified atom stereocenters. The number of halogens is 1. The molecule has 0 aliphatic rings. The van der Waals surface area contributed by atoms with Crippen LogP contribution < -0.4 is 5.73 Å². The van der Waals surface area contributed by atoms with Gasteiger partial charge in [-0.3, -0.25) is 0 Å². The first-order valence-corrected chi connectivity index (χ1v) is 3.07. The predicted octanol–water partition coefficient (Wildman–Crippen LogP) is 0.950. The molecule has 3 heteroatoms. The zero-order valence-electron chi connectivity index (χ0n) is 4.89. The van der Waals surface area contributed by atoms with Gasteiger partial charge in [-0.1, -0.05) is 23.7 Å². The van der Waals surface area contributed by atoms with E-state index in [9.17, 15) is 0 Å². The standard InChI is InChI=1S/C7H7ClN.Li.H/c8-7-4-2-1-3-6(7)5-9;;/h1,3-4H,5,9H2;;. The Balaban J connectivity index is 0.000000810. The Morgan fingerprint density at radius 1 is 1.60 bits per heavy atom. The summed E-state index contributed by atoms with van der Waals surface area (Å²) in [6, 6.07) is 8.22. The second kappa shape index (κ2) is 4.82. The maximum atomic E-state index is 5.71. The van der Waals surface area contributed by atoms with Crippen molar-refractivity contribution in [1.82, 2.24) is 0 Å². The Morgan fingerprint density at radius 3 is 2.70 bits per heavy atom. The SMILES string of the molecule is NCc1cc[c]cc1Cl.[LiH]. The molecule has 0 atom stereocenters. The summed E-state index contributed by atoms with van der Waals surface area (Å²) in [5.74, 6) is 0. The monoisotopic (exact) mass is 148 g/mol. The molecule has 0 aromatic heterocycles. The van der Waals surface area contributed by atoms with Gasteiger partial charge in [0.05, 0.1) is 0 Å². The van der Waals surface area contributed by atoms with E-state index < -0.39 is 0 Å². The summed E-state index contributed by atoms with van der Waals surface area (Å²) in [7, 11) is 0. The molecule has 1 radical (unpaired) electrons. The predicted molar refractivity (Wildman–Crippen MR) is 45.3 cm³/mol. The van der Waals surface area contributed by atoms with E-state index in [0.29, 0.717) is 11.6 Å². The van der Waals surface area contributed by atoms with Crippen molar-refractivity contribution in [2.24, 2.45) is 5.73 Å². The van der Waals surface area contributed by atoms with Gasteiger partial charge in [-0.2, -0.15) is 0 Å². The third kappa shape index (κ3) is 2.36. The Hall–Kier alpha value is 0.0674. The summed E-state index contributed by atoms with van der Waals surface area (Å²) < 4.78 is 0. The van der Waals surface area contributed by atoms with Crippen LogP contribution in [0.25, 0.3) is 0 Å². The quantitative estimate of drug-likeness (QED) is 0.590. The molecule has 1 aromatic rings. The normalized spacial score (nSPS) is 8.60. The molecule has 0 aliphatic carbocycles. The molecule has 0 saturated carbocycles. The van der Waals surface area contributed by atoms with Crippen LogP contribution >= 0.6 is 11.6 Å². The van der Waals surface area contributed by atoms with Crippen molar-refractivity contribution in [2.45, 2.75) is 6.54 Å². The topological polar surface area (TPSA) is 26.0 Å². The van der Waals surface area contributed by atoms with Crippen molar-refractivity contribution in [3.05, 3.63) is 34.9 Å². The van der Waals surface area contributed by atoms with Gasteiger partial charge in [-0.15, -0.1) is 0 Å². The molecule has 0 spiro atoms. The zero-order valence-corrected chi connectivity index (χ0v) is 5.65. The summed E-state index contributed by atoms with van der Waals surface area (Å²) in [6.07, 6.45) is 0. The average molecular weight is 149 g/mol. The van der Waals surface area contributed by atoms with Crippen LogP contribution in [0, 0.1) is 6.07 Å². The fourth-order valence-electron chi connectivity index (χ4n) is 0.608. The maximum absolute atomic E-state index is 5.71. The van der Waals surface area contributed by atoms with Crippen LogP contribution in [0.5, 0.6) is 0 Å². The van der Waals surface area contributed by atoms with E-state index in [0.717, 1.165) is 5.56 Å². The van der Waals surface area contributed by atoms with Gasteiger partial charge in [0, 0.05) is 11.6 Å². The molecule has 1 aromatic carbocycles. The molecule has 0 fully saturated rings. The first-order chi connectivity index (χ1) is 4.34. The molecule has 10 heavy (non-hydrogen) atoms. The summed E-state index contributed by atoms with van der Waals surface area (Å²) in [4.78, 5) is 0. The molecule has 1 nitrogen and oxygen atoms in total. The summed E-state index contributed by atoms with van der Waals surface area (Å²) in [6.45, 7) is 0.494. The fourth-order valence-corrected chi connectivity index (χ4v) is 0.811. The number of hydrogen-bond acceptors (Lipinski definition) is 1. The molecule has 0 saturated heterocycles. The van der Waals surface area contributed by atoms with Crippen LogP contribution in [0.3, 0.4) is 0 Å². The van der Waals surface area contributed by atoms with E-state index >= 15 is 0 Å². The van der Waals surface area contributed by atoms with E-state index in [4.69, 9.17) is 17.3 Å². The Labute approximate surface area is 77.7 Å². The Bertz CT molecular complexity index is 203. The molecule has 49 valence electrons. The van der Waals surface area contributed by atoms with Crippen LogP contribution in [0.2, 0.25) is 5.02 Å². The number of nitrogens with two attached hydrogens (primary N) is 1. The number of benzene rings is 1. The van der Waals surface area contributed by atoms with Gasteiger partial charge in [-0.25, -0.2) is 0 Å². The minimum atomic E-state index is 0. The van der Waals surface area contributed by atoms with Gasteiger partial charge in [-0.05, 0) is 17.7 Å². The Kier molecular flexibility index (Phi) is 4.85. The summed E-state index contributed by atoms with van der Waals surface area (Å²) >= 11 is 5.71.